The molecule has 2 aromatic rings. The molecular formula is C17H20N4O2S. The van der Waals surface area contributed by atoms with Gasteiger partial charge in [-0.1, -0.05) is 30.0 Å². The molecule has 0 saturated carbocycles. The summed E-state index contributed by atoms with van der Waals surface area (Å²) in [6.45, 7) is 0.670. The van der Waals surface area contributed by atoms with Gasteiger partial charge in [0.2, 0.25) is 5.91 Å². The Morgan fingerprint density at radius 3 is 2.88 bits per heavy atom. The van der Waals surface area contributed by atoms with Crippen LogP contribution in [0.5, 0.6) is 0 Å². The number of imidazole rings is 1. The largest absolute Gasteiger partial charge is 0.354 e. The molecule has 2 amide bonds. The van der Waals surface area contributed by atoms with E-state index in [-0.39, 0.29) is 11.8 Å². The minimum Gasteiger partial charge on any atom is -0.354 e. The number of nitrogens with one attached hydrogen (secondary N) is 2. The number of hydrogen-bond donors (Lipinski definition) is 2. The van der Waals surface area contributed by atoms with Gasteiger partial charge in [-0.05, 0) is 37.7 Å². The number of rotatable bonds is 4. The molecule has 6 nitrogen and oxygen atoms in total. The summed E-state index contributed by atoms with van der Waals surface area (Å²) < 4.78 is 1.81. The van der Waals surface area contributed by atoms with Crippen molar-refractivity contribution in [2.24, 2.45) is 0 Å². The van der Waals surface area contributed by atoms with Crippen molar-refractivity contribution in [2.75, 3.05) is 12.8 Å². The average molecular weight is 344 g/mol. The molecule has 126 valence electrons. The van der Waals surface area contributed by atoms with Crippen molar-refractivity contribution in [3.05, 3.63) is 42.2 Å². The van der Waals surface area contributed by atoms with Crippen LogP contribution in [0.4, 0.5) is 0 Å². The maximum absolute atomic E-state index is 12.7. The second-order valence-corrected chi connectivity index (χ2v) is 6.39. The standard InChI is InChI=1S/C17H20N4O2S/c1-24-17-19-11-14(21(17)12-7-3-2-4-8-12)16(23)20-13-9-5-6-10-18-15(13)22/h2-4,7-8,11,13H,5-6,9-10H2,1H3,(H,18,22)(H,20,23)/t13-/m1/s1. The van der Waals surface area contributed by atoms with E-state index in [9.17, 15) is 9.59 Å². The van der Waals surface area contributed by atoms with Crippen LogP contribution in [0.3, 0.4) is 0 Å². The molecule has 3 rings (SSSR count). The SMILES string of the molecule is CSc1ncc(C(=O)N[C@@H]2CCCCNC2=O)n1-c1ccccc1. The smallest absolute Gasteiger partial charge is 0.270 e. The van der Waals surface area contributed by atoms with Crippen molar-refractivity contribution in [2.45, 2.75) is 30.5 Å². The minimum absolute atomic E-state index is 0.114. The maximum Gasteiger partial charge on any atom is 0.270 e. The number of amides is 2. The molecule has 1 atom stereocenters. The van der Waals surface area contributed by atoms with Gasteiger partial charge in [0.15, 0.2) is 5.16 Å². The highest BCUT2D eigenvalue weighted by Crippen LogP contribution is 2.21. The van der Waals surface area contributed by atoms with Crippen molar-refractivity contribution in [1.29, 1.82) is 0 Å². The lowest BCUT2D eigenvalue weighted by Gasteiger charge is -2.16. The first kappa shape index (κ1) is 16.6. The second kappa shape index (κ2) is 7.53. The Bertz CT molecular complexity index is 729. The molecule has 1 aromatic heterocycles. The van der Waals surface area contributed by atoms with Gasteiger partial charge >= 0.3 is 0 Å². The lowest BCUT2D eigenvalue weighted by atomic mass is 10.1. The Balaban J connectivity index is 1.87. The molecule has 0 unspecified atom stereocenters. The Labute approximate surface area is 145 Å². The van der Waals surface area contributed by atoms with E-state index in [0.717, 1.165) is 23.7 Å². The number of benzene rings is 1. The zero-order chi connectivity index (χ0) is 16.9. The van der Waals surface area contributed by atoms with Gasteiger partial charge in [0.05, 0.1) is 6.20 Å². The Morgan fingerprint density at radius 2 is 2.12 bits per heavy atom. The lowest BCUT2D eigenvalue weighted by Crippen LogP contribution is -2.45. The number of thioether (sulfide) groups is 1. The first-order valence-corrected chi connectivity index (χ1v) is 9.19. The number of carbonyl (C=O) groups is 2. The van der Waals surface area contributed by atoms with E-state index in [0.29, 0.717) is 18.7 Å². The monoisotopic (exact) mass is 344 g/mol. The summed E-state index contributed by atoms with van der Waals surface area (Å²) in [5.41, 5.74) is 1.30. The summed E-state index contributed by atoms with van der Waals surface area (Å²) in [6, 6.07) is 9.12. The summed E-state index contributed by atoms with van der Waals surface area (Å²) >= 11 is 1.47. The minimum atomic E-state index is -0.489. The van der Waals surface area contributed by atoms with E-state index in [1.807, 2.05) is 41.2 Å². The third-order valence-electron chi connectivity index (χ3n) is 4.00. The molecule has 1 aliphatic rings. The van der Waals surface area contributed by atoms with Crippen molar-refractivity contribution in [3.8, 4) is 5.69 Å². The van der Waals surface area contributed by atoms with Crippen molar-refractivity contribution in [3.63, 3.8) is 0 Å². The quantitative estimate of drug-likeness (QED) is 0.832. The van der Waals surface area contributed by atoms with Crippen LogP contribution in [0.2, 0.25) is 0 Å². The first-order valence-electron chi connectivity index (χ1n) is 7.96. The van der Waals surface area contributed by atoms with E-state index in [2.05, 4.69) is 15.6 Å². The fourth-order valence-corrected chi connectivity index (χ4v) is 3.32. The van der Waals surface area contributed by atoms with E-state index in [1.54, 1.807) is 6.20 Å². The highest BCUT2D eigenvalue weighted by Gasteiger charge is 2.25. The van der Waals surface area contributed by atoms with Crippen LogP contribution >= 0.6 is 11.8 Å². The Morgan fingerprint density at radius 1 is 1.33 bits per heavy atom. The molecule has 1 aliphatic heterocycles. The van der Waals surface area contributed by atoms with Gasteiger partial charge in [-0.25, -0.2) is 4.98 Å². The molecule has 0 aliphatic carbocycles. The summed E-state index contributed by atoms with van der Waals surface area (Å²) in [7, 11) is 0. The molecule has 7 heteroatoms. The third-order valence-corrected chi connectivity index (χ3v) is 4.65. The predicted octanol–water partition coefficient (Wildman–Crippen LogP) is 1.99. The Kier molecular flexibility index (Phi) is 5.20. The van der Waals surface area contributed by atoms with Crippen LogP contribution < -0.4 is 10.6 Å². The molecule has 0 bridgehead atoms. The van der Waals surface area contributed by atoms with Gasteiger partial charge in [-0.2, -0.15) is 0 Å². The maximum atomic E-state index is 12.7. The van der Waals surface area contributed by atoms with Gasteiger partial charge in [0, 0.05) is 12.2 Å². The molecule has 0 radical (unpaired) electrons. The van der Waals surface area contributed by atoms with Crippen molar-refractivity contribution < 1.29 is 9.59 Å². The van der Waals surface area contributed by atoms with Gasteiger partial charge in [-0.15, -0.1) is 0 Å². The van der Waals surface area contributed by atoms with Crippen LogP contribution in [-0.2, 0) is 4.79 Å². The summed E-state index contributed by atoms with van der Waals surface area (Å²) in [6.07, 6.45) is 5.99. The van der Waals surface area contributed by atoms with E-state index in [4.69, 9.17) is 0 Å². The highest BCUT2D eigenvalue weighted by atomic mass is 32.2. The van der Waals surface area contributed by atoms with Crippen LogP contribution in [0.15, 0.2) is 41.7 Å². The van der Waals surface area contributed by atoms with Crippen LogP contribution in [0, 0.1) is 0 Å². The number of nitrogens with zero attached hydrogens (tertiary/aromatic N) is 2. The van der Waals surface area contributed by atoms with Gasteiger partial charge in [0.25, 0.3) is 5.91 Å². The highest BCUT2D eigenvalue weighted by molar-refractivity contribution is 7.98. The summed E-state index contributed by atoms with van der Waals surface area (Å²) in [5.74, 6) is -0.398. The number of carbonyl (C=O) groups excluding carboxylic acids is 2. The van der Waals surface area contributed by atoms with Crippen molar-refractivity contribution >= 4 is 23.6 Å². The molecule has 1 saturated heterocycles. The molecule has 1 aromatic carbocycles. The molecular weight excluding hydrogens is 324 g/mol. The first-order chi connectivity index (χ1) is 11.7. The number of para-hydroxylation sites is 1. The van der Waals surface area contributed by atoms with Gasteiger partial charge < -0.3 is 10.6 Å². The third kappa shape index (κ3) is 3.46. The zero-order valence-corrected chi connectivity index (χ0v) is 14.3. The molecule has 2 N–H and O–H groups in total. The van der Waals surface area contributed by atoms with Gasteiger partial charge in [0.1, 0.15) is 11.7 Å². The molecule has 1 fully saturated rings. The van der Waals surface area contributed by atoms with E-state index >= 15 is 0 Å². The van der Waals surface area contributed by atoms with Crippen LogP contribution in [-0.4, -0.2) is 40.2 Å². The summed E-state index contributed by atoms with van der Waals surface area (Å²) in [5, 5.41) is 6.42. The second-order valence-electron chi connectivity index (χ2n) is 5.61. The molecule has 24 heavy (non-hydrogen) atoms. The van der Waals surface area contributed by atoms with Crippen molar-refractivity contribution in [1.82, 2.24) is 20.2 Å². The predicted molar refractivity (Wildman–Crippen MR) is 93.5 cm³/mol. The number of aromatic nitrogens is 2. The van der Waals surface area contributed by atoms with Gasteiger partial charge in [-0.3, -0.25) is 14.2 Å². The van der Waals surface area contributed by atoms with Crippen LogP contribution in [0.25, 0.3) is 5.69 Å². The normalized spacial score (nSPS) is 17.9. The fourth-order valence-electron chi connectivity index (χ4n) is 2.77. The zero-order valence-electron chi connectivity index (χ0n) is 13.5. The van der Waals surface area contributed by atoms with E-state index in [1.165, 1.54) is 11.8 Å². The topological polar surface area (TPSA) is 76.0 Å². The lowest BCUT2D eigenvalue weighted by molar-refractivity contribution is -0.122. The summed E-state index contributed by atoms with van der Waals surface area (Å²) in [4.78, 5) is 29.1. The van der Waals surface area contributed by atoms with E-state index < -0.39 is 6.04 Å². The fraction of sp³-hybridized carbons (Fsp3) is 0.353. The average Bonchev–Trinajstić information content (AvgIpc) is 2.95. The molecule has 2 heterocycles. The Hall–Kier alpha value is -2.28. The van der Waals surface area contributed by atoms with Crippen LogP contribution in [0.1, 0.15) is 29.8 Å². The number of hydrogen-bond acceptors (Lipinski definition) is 4. The molecule has 0 spiro atoms.